The molecule has 0 N–H and O–H groups in total. The van der Waals surface area contributed by atoms with Crippen LogP contribution in [0.4, 0.5) is 19.3 Å². The van der Waals surface area contributed by atoms with Gasteiger partial charge in [0.2, 0.25) is 0 Å². The number of aryl methyl sites for hydroxylation is 2. The van der Waals surface area contributed by atoms with Gasteiger partial charge in [0.25, 0.3) is 0 Å². The molecule has 146 valence electrons. The molecular weight excluding hydrogens is 350 g/mol. The normalized spacial score (nSPS) is 11.5. The lowest BCUT2D eigenvalue weighted by Gasteiger charge is -2.27. The molecule has 1 aromatic carbocycles. The topological polar surface area (TPSA) is 42.4 Å². The number of benzene rings is 1. The van der Waals surface area contributed by atoms with E-state index in [-0.39, 0.29) is 11.3 Å². The van der Waals surface area contributed by atoms with Gasteiger partial charge in [-0.2, -0.15) is 0 Å². The fourth-order valence-corrected chi connectivity index (χ4v) is 2.97. The Kier molecular flexibility index (Phi) is 5.59. The lowest BCUT2D eigenvalue weighted by atomic mass is 9.92. The Bertz CT molecular complexity index is 902. The molecular formula is C21H26F2N2O2. The van der Waals surface area contributed by atoms with Crippen molar-refractivity contribution in [3.05, 3.63) is 46.3 Å². The molecule has 0 saturated carbocycles. The van der Waals surface area contributed by atoms with Gasteiger partial charge in [0.1, 0.15) is 5.60 Å². The number of hydrogen-bond donors (Lipinski definition) is 0. The van der Waals surface area contributed by atoms with Crippen LogP contribution in [-0.4, -0.2) is 23.7 Å². The Balaban J connectivity index is 2.70. The van der Waals surface area contributed by atoms with E-state index in [4.69, 9.17) is 4.74 Å². The van der Waals surface area contributed by atoms with Gasteiger partial charge in [0.05, 0.1) is 5.69 Å². The molecule has 1 amide bonds. The maximum atomic E-state index is 14.8. The van der Waals surface area contributed by atoms with Gasteiger partial charge in [0, 0.05) is 36.1 Å². The molecule has 0 fully saturated rings. The molecule has 1 aromatic heterocycles. The minimum absolute atomic E-state index is 0.117. The van der Waals surface area contributed by atoms with Crippen molar-refractivity contribution in [3.8, 4) is 11.1 Å². The summed E-state index contributed by atoms with van der Waals surface area (Å²) in [5.74, 6) is -1.98. The lowest BCUT2D eigenvalue weighted by Crippen LogP contribution is -2.34. The Morgan fingerprint density at radius 3 is 2.22 bits per heavy atom. The van der Waals surface area contributed by atoms with Crippen LogP contribution >= 0.6 is 0 Å². The highest BCUT2D eigenvalue weighted by molar-refractivity contribution is 5.91. The Morgan fingerprint density at radius 1 is 1.07 bits per heavy atom. The first-order chi connectivity index (χ1) is 12.3. The molecule has 27 heavy (non-hydrogen) atoms. The highest BCUT2D eigenvalue weighted by atomic mass is 19.2. The molecule has 0 unspecified atom stereocenters. The van der Waals surface area contributed by atoms with Crippen molar-refractivity contribution in [2.24, 2.45) is 0 Å². The second kappa shape index (κ2) is 7.25. The average Bonchev–Trinajstić information content (AvgIpc) is 2.55. The third kappa shape index (κ3) is 4.10. The summed E-state index contributed by atoms with van der Waals surface area (Å²) in [6.07, 6.45) is 1.06. The maximum Gasteiger partial charge on any atom is 0.414 e. The molecule has 2 rings (SSSR count). The molecule has 0 aliphatic rings. The number of rotatable bonds is 2. The third-order valence-electron chi connectivity index (χ3n) is 4.51. The number of nitrogens with zero attached hydrogens (tertiary/aromatic N) is 2. The van der Waals surface area contributed by atoms with Crippen molar-refractivity contribution in [1.29, 1.82) is 0 Å². The number of hydrogen-bond acceptors (Lipinski definition) is 3. The number of ether oxygens (including phenoxy) is 1. The largest absolute Gasteiger partial charge is 0.443 e. The first kappa shape index (κ1) is 20.8. The smallest absolute Gasteiger partial charge is 0.414 e. The zero-order chi connectivity index (χ0) is 20.7. The number of carbonyl (C=O) groups is 1. The molecule has 1 heterocycles. The zero-order valence-corrected chi connectivity index (χ0v) is 17.1. The van der Waals surface area contributed by atoms with Gasteiger partial charge >= 0.3 is 6.09 Å². The summed E-state index contributed by atoms with van der Waals surface area (Å²) in [6.45, 7) is 12.4. The van der Waals surface area contributed by atoms with Gasteiger partial charge in [-0.25, -0.2) is 13.6 Å². The van der Waals surface area contributed by atoms with E-state index in [1.807, 2.05) is 13.8 Å². The number of pyridine rings is 1. The minimum Gasteiger partial charge on any atom is -0.443 e. The number of amides is 1. The summed E-state index contributed by atoms with van der Waals surface area (Å²) in [4.78, 5) is 17.9. The standard InChI is InChI=1S/C21H26F2N2O2/c1-11-10-24-14(4)17(12(11)2)18-13(3)16(9-15(22)19(18)23)25(8)20(26)27-21(5,6)7/h9-10H,1-8H3. The van der Waals surface area contributed by atoms with E-state index >= 15 is 0 Å². The third-order valence-corrected chi connectivity index (χ3v) is 4.51. The highest BCUT2D eigenvalue weighted by Crippen LogP contribution is 2.38. The van der Waals surface area contributed by atoms with E-state index in [9.17, 15) is 13.6 Å². The van der Waals surface area contributed by atoms with Crippen molar-refractivity contribution in [2.45, 2.75) is 54.1 Å². The molecule has 0 aliphatic heterocycles. The summed E-state index contributed by atoms with van der Waals surface area (Å²) in [7, 11) is 1.48. The van der Waals surface area contributed by atoms with E-state index in [1.165, 1.54) is 11.9 Å². The molecule has 0 saturated heterocycles. The first-order valence-electron chi connectivity index (χ1n) is 8.73. The predicted molar refractivity (Wildman–Crippen MR) is 103 cm³/mol. The molecule has 2 aromatic rings. The second-order valence-electron chi connectivity index (χ2n) is 7.76. The van der Waals surface area contributed by atoms with Crippen molar-refractivity contribution in [1.82, 2.24) is 4.98 Å². The number of halogens is 2. The molecule has 0 atom stereocenters. The van der Waals surface area contributed by atoms with Crippen LogP contribution in [0.1, 0.15) is 43.2 Å². The molecule has 0 aliphatic carbocycles. The molecule has 0 bridgehead atoms. The van der Waals surface area contributed by atoms with Crippen LogP contribution in [0.3, 0.4) is 0 Å². The minimum atomic E-state index is -1.03. The van der Waals surface area contributed by atoms with Crippen LogP contribution < -0.4 is 4.90 Å². The van der Waals surface area contributed by atoms with Gasteiger partial charge in [-0.15, -0.1) is 0 Å². The van der Waals surface area contributed by atoms with Crippen molar-refractivity contribution < 1.29 is 18.3 Å². The van der Waals surface area contributed by atoms with Crippen LogP contribution in [0.2, 0.25) is 0 Å². The van der Waals surface area contributed by atoms with E-state index < -0.39 is 23.3 Å². The molecule has 0 radical (unpaired) electrons. The summed E-state index contributed by atoms with van der Waals surface area (Å²) in [6, 6.07) is 1.02. The molecule has 4 nitrogen and oxygen atoms in total. The van der Waals surface area contributed by atoms with Crippen LogP contribution in [0.5, 0.6) is 0 Å². The summed E-state index contributed by atoms with van der Waals surface area (Å²) < 4.78 is 34.6. The fraction of sp³-hybridized carbons (Fsp3) is 0.429. The first-order valence-corrected chi connectivity index (χ1v) is 8.73. The quantitative estimate of drug-likeness (QED) is 0.682. The number of anilines is 1. The Morgan fingerprint density at radius 2 is 1.67 bits per heavy atom. The van der Waals surface area contributed by atoms with Crippen LogP contribution in [0.25, 0.3) is 11.1 Å². The zero-order valence-electron chi connectivity index (χ0n) is 17.1. The Labute approximate surface area is 159 Å². The SMILES string of the molecule is Cc1cnc(C)c(-c2c(C)c(N(C)C(=O)OC(C)(C)C)cc(F)c2F)c1C. The molecule has 6 heteroatoms. The second-order valence-corrected chi connectivity index (χ2v) is 7.76. The van der Waals surface area contributed by atoms with Gasteiger partial charge < -0.3 is 4.74 Å². The summed E-state index contributed by atoms with van der Waals surface area (Å²) in [5, 5.41) is 0. The van der Waals surface area contributed by atoms with Crippen LogP contribution in [0, 0.1) is 39.3 Å². The molecule has 0 spiro atoms. The van der Waals surface area contributed by atoms with Crippen molar-refractivity contribution in [2.75, 3.05) is 11.9 Å². The van der Waals surface area contributed by atoms with Gasteiger partial charge in [0.15, 0.2) is 11.6 Å². The van der Waals surface area contributed by atoms with Gasteiger partial charge in [-0.3, -0.25) is 9.88 Å². The number of aromatic nitrogens is 1. The van der Waals surface area contributed by atoms with Crippen LogP contribution in [0.15, 0.2) is 12.3 Å². The van der Waals surface area contributed by atoms with Crippen LogP contribution in [-0.2, 0) is 4.74 Å². The van der Waals surface area contributed by atoms with E-state index in [2.05, 4.69) is 4.98 Å². The predicted octanol–water partition coefficient (Wildman–Crippen LogP) is 5.63. The summed E-state index contributed by atoms with van der Waals surface area (Å²) in [5.41, 5.74) is 2.95. The fourth-order valence-electron chi connectivity index (χ4n) is 2.97. The van der Waals surface area contributed by atoms with E-state index in [1.54, 1.807) is 40.8 Å². The maximum absolute atomic E-state index is 14.8. The van der Waals surface area contributed by atoms with E-state index in [0.29, 0.717) is 16.8 Å². The lowest BCUT2D eigenvalue weighted by molar-refractivity contribution is 0.0589. The van der Waals surface area contributed by atoms with Crippen molar-refractivity contribution >= 4 is 11.8 Å². The summed E-state index contributed by atoms with van der Waals surface area (Å²) >= 11 is 0. The van der Waals surface area contributed by atoms with Gasteiger partial charge in [-0.05, 0) is 65.2 Å². The van der Waals surface area contributed by atoms with Crippen molar-refractivity contribution in [3.63, 3.8) is 0 Å². The van der Waals surface area contributed by atoms with Gasteiger partial charge in [-0.1, -0.05) is 0 Å². The monoisotopic (exact) mass is 376 g/mol. The Hall–Kier alpha value is -2.50. The number of carbonyl (C=O) groups excluding carboxylic acids is 1. The average molecular weight is 376 g/mol. The van der Waals surface area contributed by atoms with E-state index in [0.717, 1.165) is 17.2 Å². The highest BCUT2D eigenvalue weighted by Gasteiger charge is 2.26.